The Kier molecular flexibility index (Phi) is 7.27. The molecule has 0 aliphatic heterocycles. The third-order valence-electron chi connectivity index (χ3n) is 7.00. The third-order valence-corrected chi connectivity index (χ3v) is 7.00. The number of ether oxygens (including phenoxy) is 1. The SMILES string of the molecule is CC(C)CNC(=O)NC(=O)COC(=O)[C@H](NC(=O)C12CC3CC(CC(C3)C1)C2)C(C)C. The van der Waals surface area contributed by atoms with Crippen LogP contribution in [-0.4, -0.2) is 43.0 Å². The van der Waals surface area contributed by atoms with Crippen LogP contribution < -0.4 is 16.0 Å². The first-order valence-corrected chi connectivity index (χ1v) is 11.6. The van der Waals surface area contributed by atoms with E-state index in [0.29, 0.717) is 24.3 Å². The normalized spacial score (nSPS) is 29.5. The Hall–Kier alpha value is -2.12. The van der Waals surface area contributed by atoms with E-state index in [9.17, 15) is 19.2 Å². The van der Waals surface area contributed by atoms with Crippen LogP contribution in [0.3, 0.4) is 0 Å². The van der Waals surface area contributed by atoms with Gasteiger partial charge in [-0.15, -0.1) is 0 Å². The number of urea groups is 1. The maximum Gasteiger partial charge on any atom is 0.329 e. The van der Waals surface area contributed by atoms with Crippen LogP contribution in [0, 0.1) is 35.0 Å². The molecule has 8 nitrogen and oxygen atoms in total. The van der Waals surface area contributed by atoms with Crippen molar-refractivity contribution < 1.29 is 23.9 Å². The van der Waals surface area contributed by atoms with E-state index >= 15 is 0 Å². The van der Waals surface area contributed by atoms with E-state index in [1.54, 1.807) is 0 Å². The molecule has 8 heteroatoms. The predicted octanol–water partition coefficient (Wildman–Crippen LogP) is 2.37. The van der Waals surface area contributed by atoms with Crippen molar-refractivity contribution >= 4 is 23.8 Å². The van der Waals surface area contributed by atoms with Gasteiger partial charge in [-0.2, -0.15) is 0 Å². The molecule has 4 aliphatic rings. The first kappa shape index (κ1) is 23.5. The maximum atomic E-state index is 13.3. The van der Waals surface area contributed by atoms with Crippen molar-refractivity contribution in [2.24, 2.45) is 35.0 Å². The Bertz CT molecular complexity index is 683. The molecular weight excluding hydrogens is 398 g/mol. The maximum absolute atomic E-state index is 13.3. The molecule has 4 fully saturated rings. The van der Waals surface area contributed by atoms with Crippen molar-refractivity contribution in [3.63, 3.8) is 0 Å². The highest BCUT2D eigenvalue weighted by Crippen LogP contribution is 2.60. The number of imide groups is 1. The van der Waals surface area contributed by atoms with Crippen LogP contribution >= 0.6 is 0 Å². The van der Waals surface area contributed by atoms with Crippen LogP contribution in [0.25, 0.3) is 0 Å². The van der Waals surface area contributed by atoms with Crippen molar-refractivity contribution in [2.45, 2.75) is 72.3 Å². The molecule has 0 radical (unpaired) electrons. The molecule has 1 atom stereocenters. The molecule has 3 N–H and O–H groups in total. The standard InChI is InChI=1S/C23H37N3O5/c1-13(2)11-24-22(30)25-18(27)12-31-20(28)19(14(3)4)26-21(29)23-8-15-5-16(9-23)7-17(6-15)10-23/h13-17,19H,5-12H2,1-4H3,(H,26,29)(H2,24,25,27,30)/t15?,16?,17?,19-,23?/m1/s1. The second kappa shape index (κ2) is 9.57. The molecule has 174 valence electrons. The van der Waals surface area contributed by atoms with Gasteiger partial charge in [0.1, 0.15) is 6.04 Å². The van der Waals surface area contributed by atoms with Gasteiger partial charge in [-0.3, -0.25) is 14.9 Å². The van der Waals surface area contributed by atoms with Gasteiger partial charge in [0.05, 0.1) is 0 Å². The molecule has 0 aromatic rings. The lowest BCUT2D eigenvalue weighted by Crippen LogP contribution is -2.57. The smallest absolute Gasteiger partial charge is 0.329 e. The predicted molar refractivity (Wildman–Crippen MR) is 115 cm³/mol. The van der Waals surface area contributed by atoms with Crippen molar-refractivity contribution in [2.75, 3.05) is 13.2 Å². The number of carbonyl (C=O) groups is 4. The average molecular weight is 436 g/mol. The summed E-state index contributed by atoms with van der Waals surface area (Å²) in [5, 5.41) is 7.64. The largest absolute Gasteiger partial charge is 0.454 e. The number of rotatable bonds is 8. The molecule has 4 saturated carbocycles. The number of hydrogen-bond acceptors (Lipinski definition) is 5. The van der Waals surface area contributed by atoms with E-state index in [4.69, 9.17) is 4.74 Å². The third kappa shape index (κ3) is 5.77. The highest BCUT2D eigenvalue weighted by atomic mass is 16.5. The van der Waals surface area contributed by atoms with E-state index in [-0.39, 0.29) is 23.2 Å². The minimum absolute atomic E-state index is 0.0419. The molecule has 4 amide bonds. The average Bonchev–Trinajstić information content (AvgIpc) is 2.67. The number of carbonyl (C=O) groups excluding carboxylic acids is 4. The number of nitrogens with one attached hydrogen (secondary N) is 3. The highest BCUT2D eigenvalue weighted by Gasteiger charge is 2.55. The van der Waals surface area contributed by atoms with Gasteiger partial charge in [-0.25, -0.2) is 9.59 Å². The molecule has 0 unspecified atom stereocenters. The van der Waals surface area contributed by atoms with E-state index in [0.717, 1.165) is 19.3 Å². The molecular formula is C23H37N3O5. The number of hydrogen-bond donors (Lipinski definition) is 3. The summed E-state index contributed by atoms with van der Waals surface area (Å²) in [5.74, 6) is 0.576. The first-order valence-electron chi connectivity index (χ1n) is 11.6. The van der Waals surface area contributed by atoms with E-state index in [1.165, 1.54) is 19.3 Å². The first-order chi connectivity index (χ1) is 14.6. The summed E-state index contributed by atoms with van der Waals surface area (Å²) >= 11 is 0. The summed E-state index contributed by atoms with van der Waals surface area (Å²) in [6, 6.07) is -1.44. The summed E-state index contributed by atoms with van der Waals surface area (Å²) in [7, 11) is 0. The van der Waals surface area contributed by atoms with Gasteiger partial charge < -0.3 is 15.4 Å². The Morgan fingerprint density at radius 1 is 0.935 bits per heavy atom. The molecule has 0 saturated heterocycles. The Morgan fingerprint density at radius 2 is 1.48 bits per heavy atom. The lowest BCUT2D eigenvalue weighted by Gasteiger charge is -2.55. The van der Waals surface area contributed by atoms with E-state index in [1.807, 2.05) is 27.7 Å². The summed E-state index contributed by atoms with van der Waals surface area (Å²) in [5.41, 5.74) is -0.353. The topological polar surface area (TPSA) is 114 Å². The minimum atomic E-state index is -0.817. The Labute approximate surface area is 184 Å². The number of esters is 1. The molecule has 0 aromatic heterocycles. The number of amides is 4. The fourth-order valence-corrected chi connectivity index (χ4v) is 5.91. The van der Waals surface area contributed by atoms with Gasteiger partial charge >= 0.3 is 12.0 Å². The minimum Gasteiger partial charge on any atom is -0.454 e. The van der Waals surface area contributed by atoms with Crippen molar-refractivity contribution in [3.05, 3.63) is 0 Å². The summed E-state index contributed by atoms with van der Waals surface area (Å²) in [6.07, 6.45) is 6.46. The zero-order chi connectivity index (χ0) is 22.8. The summed E-state index contributed by atoms with van der Waals surface area (Å²) in [6.45, 7) is 7.42. The zero-order valence-corrected chi connectivity index (χ0v) is 19.2. The van der Waals surface area contributed by atoms with Gasteiger partial charge in [0.2, 0.25) is 5.91 Å². The monoisotopic (exact) mass is 435 g/mol. The van der Waals surface area contributed by atoms with Crippen molar-refractivity contribution in [1.82, 2.24) is 16.0 Å². The Balaban J connectivity index is 1.51. The summed E-state index contributed by atoms with van der Waals surface area (Å²) < 4.78 is 5.13. The van der Waals surface area contributed by atoms with Crippen LogP contribution in [0.1, 0.15) is 66.2 Å². The van der Waals surface area contributed by atoms with Gasteiger partial charge in [-0.05, 0) is 68.1 Å². The second-order valence-corrected chi connectivity index (χ2v) is 10.7. The van der Waals surface area contributed by atoms with Crippen molar-refractivity contribution in [3.8, 4) is 0 Å². The lowest BCUT2D eigenvalue weighted by atomic mass is 9.49. The van der Waals surface area contributed by atoms with Crippen LogP contribution in [0.15, 0.2) is 0 Å². The van der Waals surface area contributed by atoms with Gasteiger partial charge in [0, 0.05) is 12.0 Å². The molecule has 31 heavy (non-hydrogen) atoms. The molecule has 0 heterocycles. The highest BCUT2D eigenvalue weighted by molar-refractivity contribution is 5.96. The summed E-state index contributed by atoms with van der Waals surface area (Å²) in [4.78, 5) is 49.5. The molecule has 0 aromatic carbocycles. The molecule has 4 rings (SSSR count). The molecule has 4 bridgehead atoms. The van der Waals surface area contributed by atoms with E-state index < -0.39 is 30.6 Å². The van der Waals surface area contributed by atoms with Gasteiger partial charge in [0.25, 0.3) is 5.91 Å². The van der Waals surface area contributed by atoms with Gasteiger partial charge in [-0.1, -0.05) is 27.7 Å². The Morgan fingerprint density at radius 3 is 1.97 bits per heavy atom. The quantitative estimate of drug-likeness (QED) is 0.507. The van der Waals surface area contributed by atoms with Gasteiger partial charge in [0.15, 0.2) is 6.61 Å². The fraction of sp³-hybridized carbons (Fsp3) is 0.826. The second-order valence-electron chi connectivity index (χ2n) is 10.7. The fourth-order valence-electron chi connectivity index (χ4n) is 5.91. The van der Waals surface area contributed by atoms with Crippen LogP contribution in [0.5, 0.6) is 0 Å². The van der Waals surface area contributed by atoms with Crippen molar-refractivity contribution in [1.29, 1.82) is 0 Å². The van der Waals surface area contributed by atoms with Crippen LogP contribution in [-0.2, 0) is 19.1 Å². The van der Waals surface area contributed by atoms with Crippen LogP contribution in [0.4, 0.5) is 4.79 Å². The van der Waals surface area contributed by atoms with Crippen LogP contribution in [0.2, 0.25) is 0 Å². The lowest BCUT2D eigenvalue weighted by molar-refractivity contribution is -0.157. The molecule has 0 spiro atoms. The zero-order valence-electron chi connectivity index (χ0n) is 19.2. The molecule has 4 aliphatic carbocycles. The van der Waals surface area contributed by atoms with E-state index in [2.05, 4.69) is 16.0 Å².